The van der Waals surface area contributed by atoms with Gasteiger partial charge in [-0.2, -0.15) is 0 Å². The van der Waals surface area contributed by atoms with Crippen molar-refractivity contribution in [1.29, 1.82) is 0 Å². The van der Waals surface area contributed by atoms with Crippen molar-refractivity contribution >= 4 is 23.8 Å². The van der Waals surface area contributed by atoms with Gasteiger partial charge < -0.3 is 15.1 Å². The van der Waals surface area contributed by atoms with E-state index in [1.807, 2.05) is 18.7 Å². The van der Waals surface area contributed by atoms with Crippen LogP contribution in [0, 0.1) is 11.8 Å². The Bertz CT molecular complexity index is 738. The van der Waals surface area contributed by atoms with E-state index < -0.39 is 5.54 Å². The first-order chi connectivity index (χ1) is 14.8. The summed E-state index contributed by atoms with van der Waals surface area (Å²) in [4.78, 5) is 56.7. The maximum atomic E-state index is 13.4. The monoisotopic (exact) mass is 432 g/mol. The molecule has 4 fully saturated rings. The molecule has 5 amide bonds. The molecule has 0 aromatic heterocycles. The van der Waals surface area contributed by atoms with Crippen LogP contribution in [0.25, 0.3) is 0 Å². The Kier molecular flexibility index (Phi) is 6.26. The molecule has 31 heavy (non-hydrogen) atoms. The predicted octanol–water partition coefficient (Wildman–Crippen LogP) is 2.13. The average Bonchev–Trinajstić information content (AvgIpc) is 3.02. The van der Waals surface area contributed by atoms with E-state index in [0.29, 0.717) is 39.0 Å². The van der Waals surface area contributed by atoms with Gasteiger partial charge in [0.05, 0.1) is 6.04 Å². The van der Waals surface area contributed by atoms with E-state index >= 15 is 0 Å². The van der Waals surface area contributed by atoms with Crippen molar-refractivity contribution in [3.63, 3.8) is 0 Å². The average molecular weight is 433 g/mol. The molecule has 3 heterocycles. The van der Waals surface area contributed by atoms with E-state index in [-0.39, 0.29) is 41.6 Å². The van der Waals surface area contributed by atoms with Gasteiger partial charge in [-0.15, -0.1) is 0 Å². The molecule has 8 heteroatoms. The number of carbonyl (C=O) groups excluding carboxylic acids is 4. The minimum atomic E-state index is -0.902. The third-order valence-electron chi connectivity index (χ3n) is 7.64. The van der Waals surface area contributed by atoms with Gasteiger partial charge in [0.25, 0.3) is 5.91 Å². The van der Waals surface area contributed by atoms with E-state index in [9.17, 15) is 19.2 Å². The summed E-state index contributed by atoms with van der Waals surface area (Å²) in [5.74, 6) is 0.143. The van der Waals surface area contributed by atoms with Crippen LogP contribution in [0.5, 0.6) is 0 Å². The molecule has 0 aromatic carbocycles. The molecule has 0 bridgehead atoms. The van der Waals surface area contributed by atoms with Gasteiger partial charge in [-0.05, 0) is 38.5 Å². The Balaban J connectivity index is 1.41. The second-order valence-corrected chi connectivity index (χ2v) is 10.1. The van der Waals surface area contributed by atoms with Crippen LogP contribution in [0.4, 0.5) is 4.79 Å². The van der Waals surface area contributed by atoms with Gasteiger partial charge >= 0.3 is 6.03 Å². The summed E-state index contributed by atoms with van der Waals surface area (Å²) in [5.41, 5.74) is -0.902. The number of amides is 5. The zero-order chi connectivity index (χ0) is 22.2. The number of imide groups is 1. The van der Waals surface area contributed by atoms with E-state index in [2.05, 4.69) is 5.32 Å². The summed E-state index contributed by atoms with van der Waals surface area (Å²) in [6, 6.07) is -0.603. The molecule has 1 spiro atoms. The van der Waals surface area contributed by atoms with Crippen molar-refractivity contribution < 1.29 is 19.2 Å². The summed E-state index contributed by atoms with van der Waals surface area (Å²) < 4.78 is 0. The molecule has 1 aliphatic carbocycles. The second-order valence-electron chi connectivity index (χ2n) is 10.1. The number of hydrogen-bond donors (Lipinski definition) is 1. The summed E-state index contributed by atoms with van der Waals surface area (Å²) in [6.07, 6.45) is 7.78. The highest BCUT2D eigenvalue weighted by atomic mass is 16.2. The van der Waals surface area contributed by atoms with Crippen LogP contribution in [0.1, 0.15) is 71.6 Å². The number of carbonyl (C=O) groups is 4. The van der Waals surface area contributed by atoms with E-state index in [0.717, 1.165) is 38.5 Å². The molecule has 0 radical (unpaired) electrons. The molecule has 3 aliphatic heterocycles. The fraction of sp³-hybridized carbons (Fsp3) is 0.826. The lowest BCUT2D eigenvalue weighted by Crippen LogP contribution is -2.57. The van der Waals surface area contributed by atoms with E-state index in [1.165, 1.54) is 11.3 Å². The minimum absolute atomic E-state index is 0.0747. The zero-order valence-electron chi connectivity index (χ0n) is 18.9. The number of rotatable bonds is 3. The first kappa shape index (κ1) is 22.1. The second kappa shape index (κ2) is 8.79. The van der Waals surface area contributed by atoms with Gasteiger partial charge in [-0.1, -0.05) is 33.1 Å². The lowest BCUT2D eigenvalue weighted by Gasteiger charge is -2.40. The van der Waals surface area contributed by atoms with Crippen LogP contribution in [-0.4, -0.2) is 76.2 Å². The van der Waals surface area contributed by atoms with Gasteiger partial charge in [0.1, 0.15) is 5.54 Å². The number of hydrogen-bond acceptors (Lipinski definition) is 4. The highest BCUT2D eigenvalue weighted by molar-refractivity contribution is 6.07. The normalized spacial score (nSPS) is 27.2. The molecule has 4 rings (SSSR count). The Morgan fingerprint density at radius 3 is 2.26 bits per heavy atom. The quantitative estimate of drug-likeness (QED) is 0.692. The number of piperidine rings is 2. The van der Waals surface area contributed by atoms with Gasteiger partial charge in [-0.25, -0.2) is 4.79 Å². The van der Waals surface area contributed by atoms with Crippen LogP contribution in [0.15, 0.2) is 0 Å². The van der Waals surface area contributed by atoms with Gasteiger partial charge in [-0.3, -0.25) is 19.3 Å². The van der Waals surface area contributed by atoms with Crippen LogP contribution in [0.3, 0.4) is 0 Å². The zero-order valence-corrected chi connectivity index (χ0v) is 18.9. The van der Waals surface area contributed by atoms with Crippen molar-refractivity contribution in [1.82, 2.24) is 20.0 Å². The molecule has 4 aliphatic rings. The highest BCUT2D eigenvalue weighted by Crippen LogP contribution is 2.33. The van der Waals surface area contributed by atoms with E-state index in [1.54, 1.807) is 4.90 Å². The molecule has 1 atom stereocenters. The van der Waals surface area contributed by atoms with Crippen LogP contribution < -0.4 is 5.32 Å². The molecule has 3 saturated heterocycles. The van der Waals surface area contributed by atoms with Crippen molar-refractivity contribution in [2.24, 2.45) is 11.8 Å². The van der Waals surface area contributed by atoms with Crippen molar-refractivity contribution in [3.05, 3.63) is 0 Å². The Morgan fingerprint density at radius 2 is 1.61 bits per heavy atom. The molecule has 8 nitrogen and oxygen atoms in total. The van der Waals surface area contributed by atoms with Crippen LogP contribution in [0.2, 0.25) is 0 Å². The predicted molar refractivity (Wildman–Crippen MR) is 115 cm³/mol. The topological polar surface area (TPSA) is 90.0 Å². The number of nitrogens with zero attached hydrogens (tertiary/aromatic N) is 3. The van der Waals surface area contributed by atoms with Gasteiger partial charge in [0, 0.05) is 38.0 Å². The summed E-state index contributed by atoms with van der Waals surface area (Å²) in [6.45, 7) is 5.87. The first-order valence-corrected chi connectivity index (χ1v) is 12.1. The highest BCUT2D eigenvalue weighted by Gasteiger charge is 2.55. The van der Waals surface area contributed by atoms with E-state index in [4.69, 9.17) is 0 Å². The lowest BCUT2D eigenvalue weighted by atomic mass is 9.86. The lowest BCUT2D eigenvalue weighted by molar-refractivity contribution is -0.143. The Morgan fingerprint density at radius 1 is 0.935 bits per heavy atom. The van der Waals surface area contributed by atoms with Crippen molar-refractivity contribution in [2.75, 3.05) is 26.2 Å². The molecule has 1 N–H and O–H groups in total. The van der Waals surface area contributed by atoms with Gasteiger partial charge in [0.15, 0.2) is 0 Å². The molecular formula is C23H36N4O4. The third-order valence-corrected chi connectivity index (χ3v) is 7.64. The van der Waals surface area contributed by atoms with Crippen molar-refractivity contribution in [2.45, 2.75) is 83.2 Å². The summed E-state index contributed by atoms with van der Waals surface area (Å²) in [7, 11) is 0. The number of urea groups is 1. The number of likely N-dealkylation sites (tertiary alicyclic amines) is 2. The minimum Gasteiger partial charge on any atom is -0.342 e. The smallest absolute Gasteiger partial charge is 0.325 e. The molecular weight excluding hydrogens is 396 g/mol. The SMILES string of the molecule is CC(C)C(=O)N1CCC2(CC1)NC(=O)N([C@H]1CCCN(C(=O)C3CCCCC3)C1)C2=O. The third kappa shape index (κ3) is 4.17. The van der Waals surface area contributed by atoms with Crippen LogP contribution >= 0.6 is 0 Å². The maximum Gasteiger partial charge on any atom is 0.325 e. The van der Waals surface area contributed by atoms with Crippen LogP contribution in [-0.2, 0) is 14.4 Å². The van der Waals surface area contributed by atoms with Gasteiger partial charge in [0.2, 0.25) is 11.8 Å². The Hall–Kier alpha value is -2.12. The fourth-order valence-corrected chi connectivity index (χ4v) is 5.76. The Labute approximate surface area is 184 Å². The maximum absolute atomic E-state index is 13.4. The largest absolute Gasteiger partial charge is 0.342 e. The standard InChI is InChI=1S/C23H36N4O4/c1-16(2)19(28)25-13-10-23(11-14-25)21(30)27(22(31)24-23)18-9-6-12-26(15-18)20(29)17-7-4-3-5-8-17/h16-18H,3-15H2,1-2H3,(H,24,31)/t18-/m0/s1. The molecule has 0 unspecified atom stereocenters. The number of nitrogens with one attached hydrogen (secondary N) is 1. The summed E-state index contributed by atoms with van der Waals surface area (Å²) >= 11 is 0. The molecule has 1 saturated carbocycles. The molecule has 0 aromatic rings. The van der Waals surface area contributed by atoms with Crippen molar-refractivity contribution in [3.8, 4) is 0 Å². The molecule has 172 valence electrons. The fourth-order valence-electron chi connectivity index (χ4n) is 5.76. The first-order valence-electron chi connectivity index (χ1n) is 12.1. The summed E-state index contributed by atoms with van der Waals surface area (Å²) in [5, 5.41) is 2.96.